The summed E-state index contributed by atoms with van der Waals surface area (Å²) >= 11 is 0. The number of hydrogen-bond acceptors (Lipinski definition) is 6. The van der Waals surface area contributed by atoms with Crippen molar-refractivity contribution in [1.82, 2.24) is 14.9 Å². The maximum atomic E-state index is 12.5. The third kappa shape index (κ3) is 4.42. The molecular weight excluding hydrogens is 344 g/mol. The zero-order chi connectivity index (χ0) is 19.3. The first-order chi connectivity index (χ1) is 13.0. The first-order valence-electron chi connectivity index (χ1n) is 9.01. The second-order valence-corrected chi connectivity index (χ2v) is 6.98. The number of carbonyl (C=O) groups is 2. The molecule has 1 aliphatic heterocycles. The number of amides is 1. The topological polar surface area (TPSA) is 75.6 Å². The summed E-state index contributed by atoms with van der Waals surface area (Å²) in [4.78, 5) is 37.1. The van der Waals surface area contributed by atoms with Gasteiger partial charge in [-0.3, -0.25) is 9.59 Å². The summed E-state index contributed by atoms with van der Waals surface area (Å²) in [6.07, 6.45) is 3.40. The highest BCUT2D eigenvalue weighted by molar-refractivity contribution is 5.85. The van der Waals surface area contributed by atoms with Crippen LogP contribution >= 0.6 is 0 Å². The molecule has 0 radical (unpaired) electrons. The second kappa shape index (κ2) is 8.16. The van der Waals surface area contributed by atoms with Crippen LogP contribution in [0.1, 0.15) is 19.4 Å². The van der Waals surface area contributed by atoms with Crippen LogP contribution in [0.5, 0.6) is 0 Å². The summed E-state index contributed by atoms with van der Waals surface area (Å²) in [6, 6.07) is 11.2. The molecule has 0 spiro atoms. The summed E-state index contributed by atoms with van der Waals surface area (Å²) in [5.41, 5.74) is 0.0594. The molecule has 0 saturated carbocycles. The molecule has 0 aliphatic carbocycles. The fourth-order valence-electron chi connectivity index (χ4n) is 2.98. The number of rotatable bonds is 5. The van der Waals surface area contributed by atoms with Crippen LogP contribution in [0.25, 0.3) is 0 Å². The maximum Gasteiger partial charge on any atom is 0.316 e. The molecule has 7 heteroatoms. The van der Waals surface area contributed by atoms with E-state index in [2.05, 4.69) is 9.97 Å². The highest BCUT2D eigenvalue weighted by atomic mass is 16.5. The van der Waals surface area contributed by atoms with Crippen LogP contribution in [0.4, 0.5) is 5.95 Å². The quantitative estimate of drug-likeness (QED) is 0.747. The number of aromatic nitrogens is 2. The van der Waals surface area contributed by atoms with Gasteiger partial charge in [-0.05, 0) is 25.5 Å². The minimum absolute atomic E-state index is 0.180. The van der Waals surface area contributed by atoms with Gasteiger partial charge in [0.25, 0.3) is 5.91 Å². The van der Waals surface area contributed by atoms with Gasteiger partial charge in [-0.2, -0.15) is 0 Å². The number of benzene rings is 1. The number of ether oxygens (including phenoxy) is 1. The van der Waals surface area contributed by atoms with Gasteiger partial charge in [-0.15, -0.1) is 0 Å². The Morgan fingerprint density at radius 1 is 1.00 bits per heavy atom. The Morgan fingerprint density at radius 3 is 2.26 bits per heavy atom. The standard InChI is InChI=1S/C20H24N4O3/c1-20(2,16-7-4-3-5-8-16)18(26)27-15-17(25)23-11-13-24(14-12-23)19-21-9-6-10-22-19/h3-10H,11-15H2,1-2H3. The largest absolute Gasteiger partial charge is 0.455 e. The summed E-state index contributed by atoms with van der Waals surface area (Å²) in [7, 11) is 0. The molecule has 142 valence electrons. The number of carbonyl (C=O) groups excluding carboxylic acids is 2. The van der Waals surface area contributed by atoms with E-state index in [1.165, 1.54) is 0 Å². The van der Waals surface area contributed by atoms with E-state index < -0.39 is 11.4 Å². The van der Waals surface area contributed by atoms with Crippen molar-refractivity contribution < 1.29 is 14.3 Å². The highest BCUT2D eigenvalue weighted by Crippen LogP contribution is 2.24. The molecule has 1 saturated heterocycles. The lowest BCUT2D eigenvalue weighted by Gasteiger charge is -2.34. The smallest absolute Gasteiger partial charge is 0.316 e. The molecule has 1 aromatic carbocycles. The predicted octanol–water partition coefficient (Wildman–Crippen LogP) is 1.65. The van der Waals surface area contributed by atoms with E-state index in [4.69, 9.17) is 4.74 Å². The number of nitrogens with zero attached hydrogens (tertiary/aromatic N) is 4. The van der Waals surface area contributed by atoms with Crippen LogP contribution in [-0.2, 0) is 19.7 Å². The molecule has 1 aliphatic rings. The Balaban J connectivity index is 1.49. The maximum absolute atomic E-state index is 12.5. The average molecular weight is 368 g/mol. The summed E-state index contributed by atoms with van der Waals surface area (Å²) in [5.74, 6) is 0.0832. The lowest BCUT2D eigenvalue weighted by molar-refractivity contribution is -0.156. The van der Waals surface area contributed by atoms with Crippen molar-refractivity contribution in [3.05, 3.63) is 54.4 Å². The Kier molecular flexibility index (Phi) is 5.69. The van der Waals surface area contributed by atoms with Gasteiger partial charge in [-0.1, -0.05) is 30.3 Å². The molecule has 1 fully saturated rings. The van der Waals surface area contributed by atoms with Gasteiger partial charge >= 0.3 is 5.97 Å². The van der Waals surface area contributed by atoms with Crippen molar-refractivity contribution >= 4 is 17.8 Å². The van der Waals surface area contributed by atoms with Gasteiger partial charge in [0.2, 0.25) is 5.95 Å². The van der Waals surface area contributed by atoms with E-state index in [-0.39, 0.29) is 12.5 Å². The van der Waals surface area contributed by atoms with Crippen LogP contribution in [-0.4, -0.2) is 59.5 Å². The van der Waals surface area contributed by atoms with E-state index in [9.17, 15) is 9.59 Å². The van der Waals surface area contributed by atoms with Crippen molar-refractivity contribution in [3.8, 4) is 0 Å². The Morgan fingerprint density at radius 2 is 1.63 bits per heavy atom. The van der Waals surface area contributed by atoms with E-state index in [1.807, 2.05) is 35.2 Å². The number of anilines is 1. The van der Waals surface area contributed by atoms with Crippen molar-refractivity contribution in [2.45, 2.75) is 19.3 Å². The van der Waals surface area contributed by atoms with E-state index in [1.54, 1.807) is 37.2 Å². The molecule has 1 aromatic heterocycles. The third-order valence-electron chi connectivity index (χ3n) is 4.80. The fraction of sp³-hybridized carbons (Fsp3) is 0.400. The molecule has 7 nitrogen and oxygen atoms in total. The van der Waals surface area contributed by atoms with Crippen molar-refractivity contribution in [3.63, 3.8) is 0 Å². The van der Waals surface area contributed by atoms with Crippen LogP contribution in [0.3, 0.4) is 0 Å². The molecule has 0 bridgehead atoms. The monoisotopic (exact) mass is 368 g/mol. The molecule has 2 aromatic rings. The number of esters is 1. The van der Waals surface area contributed by atoms with Gasteiger partial charge in [-0.25, -0.2) is 9.97 Å². The number of hydrogen-bond donors (Lipinski definition) is 0. The van der Waals surface area contributed by atoms with Crippen LogP contribution in [0.2, 0.25) is 0 Å². The molecule has 27 heavy (non-hydrogen) atoms. The fourth-order valence-corrected chi connectivity index (χ4v) is 2.98. The molecule has 3 rings (SSSR count). The Hall–Kier alpha value is -2.96. The van der Waals surface area contributed by atoms with Gasteiger partial charge in [0, 0.05) is 38.6 Å². The molecule has 0 atom stereocenters. The second-order valence-electron chi connectivity index (χ2n) is 6.98. The first-order valence-corrected chi connectivity index (χ1v) is 9.01. The third-order valence-corrected chi connectivity index (χ3v) is 4.80. The highest BCUT2D eigenvalue weighted by Gasteiger charge is 2.32. The van der Waals surface area contributed by atoms with Gasteiger partial charge in [0.05, 0.1) is 5.41 Å². The lowest BCUT2D eigenvalue weighted by atomic mass is 9.85. The van der Waals surface area contributed by atoms with Gasteiger partial charge in [0.15, 0.2) is 6.61 Å². The van der Waals surface area contributed by atoms with Gasteiger partial charge in [0.1, 0.15) is 0 Å². The van der Waals surface area contributed by atoms with Crippen LogP contribution in [0.15, 0.2) is 48.8 Å². The van der Waals surface area contributed by atoms with Crippen LogP contribution < -0.4 is 4.90 Å². The van der Waals surface area contributed by atoms with Crippen molar-refractivity contribution in [1.29, 1.82) is 0 Å². The summed E-state index contributed by atoms with van der Waals surface area (Å²) in [6.45, 7) is 5.77. The number of piperazine rings is 1. The first kappa shape index (κ1) is 18.8. The molecule has 2 heterocycles. The van der Waals surface area contributed by atoms with Crippen LogP contribution in [0, 0.1) is 0 Å². The summed E-state index contributed by atoms with van der Waals surface area (Å²) in [5, 5.41) is 0. The SMILES string of the molecule is CC(C)(C(=O)OCC(=O)N1CCN(c2ncccn2)CC1)c1ccccc1. The zero-order valence-electron chi connectivity index (χ0n) is 15.7. The van der Waals surface area contributed by atoms with E-state index in [0.717, 1.165) is 5.56 Å². The normalized spacial score (nSPS) is 14.7. The molecule has 0 N–H and O–H groups in total. The molecule has 1 amide bonds. The van der Waals surface area contributed by atoms with Crippen molar-refractivity contribution in [2.75, 3.05) is 37.7 Å². The molecular formula is C20H24N4O3. The van der Waals surface area contributed by atoms with E-state index in [0.29, 0.717) is 32.1 Å². The minimum atomic E-state index is -0.801. The Bertz CT molecular complexity index is 772. The van der Waals surface area contributed by atoms with Crippen molar-refractivity contribution in [2.24, 2.45) is 0 Å². The van der Waals surface area contributed by atoms with E-state index >= 15 is 0 Å². The average Bonchev–Trinajstić information content (AvgIpc) is 2.73. The predicted molar refractivity (Wildman–Crippen MR) is 101 cm³/mol. The minimum Gasteiger partial charge on any atom is -0.455 e. The zero-order valence-corrected chi connectivity index (χ0v) is 15.7. The lowest BCUT2D eigenvalue weighted by Crippen LogP contribution is -2.50. The summed E-state index contributed by atoms with van der Waals surface area (Å²) < 4.78 is 5.32. The van der Waals surface area contributed by atoms with Gasteiger partial charge < -0.3 is 14.5 Å². The molecule has 0 unspecified atom stereocenters. The Labute approximate surface area is 159 Å².